The molecule has 0 saturated carbocycles. The number of alkyl halides is 1. The van der Waals surface area contributed by atoms with Gasteiger partial charge >= 0.3 is 0 Å². The SMILES string of the molecule is CC(F)(Cc1cccc2ccccc12)CC1CCCCN1. The molecule has 0 bridgehead atoms. The smallest absolute Gasteiger partial charge is 0.113 e. The molecule has 2 aromatic carbocycles. The Morgan fingerprint density at radius 3 is 2.76 bits per heavy atom. The van der Waals surface area contributed by atoms with Crippen molar-refractivity contribution >= 4 is 10.8 Å². The molecule has 0 radical (unpaired) electrons. The van der Waals surface area contributed by atoms with Gasteiger partial charge in [-0.05, 0) is 49.1 Å². The Morgan fingerprint density at radius 1 is 1.14 bits per heavy atom. The van der Waals surface area contributed by atoms with Crippen LogP contribution in [0.2, 0.25) is 0 Å². The molecule has 2 unspecified atom stereocenters. The lowest BCUT2D eigenvalue weighted by Crippen LogP contribution is -2.40. The van der Waals surface area contributed by atoms with Crippen molar-refractivity contribution in [2.24, 2.45) is 0 Å². The number of hydrogen-bond donors (Lipinski definition) is 1. The number of benzene rings is 2. The van der Waals surface area contributed by atoms with E-state index in [1.54, 1.807) is 6.92 Å². The average molecular weight is 285 g/mol. The zero-order valence-corrected chi connectivity index (χ0v) is 12.7. The van der Waals surface area contributed by atoms with Gasteiger partial charge in [-0.3, -0.25) is 0 Å². The van der Waals surface area contributed by atoms with Crippen LogP contribution >= 0.6 is 0 Å². The molecule has 0 spiro atoms. The third kappa shape index (κ3) is 3.62. The summed E-state index contributed by atoms with van der Waals surface area (Å²) in [6.07, 6.45) is 4.66. The van der Waals surface area contributed by atoms with Crippen molar-refractivity contribution in [2.45, 2.75) is 50.7 Å². The zero-order chi connectivity index (χ0) is 14.7. The Kier molecular flexibility index (Phi) is 4.25. The molecule has 1 N–H and O–H groups in total. The lowest BCUT2D eigenvalue weighted by Gasteiger charge is -2.30. The fourth-order valence-electron chi connectivity index (χ4n) is 3.53. The van der Waals surface area contributed by atoms with Gasteiger partial charge in [0, 0.05) is 12.5 Å². The summed E-state index contributed by atoms with van der Waals surface area (Å²) in [5, 5.41) is 5.84. The van der Waals surface area contributed by atoms with E-state index in [1.807, 2.05) is 18.2 Å². The number of halogens is 1. The second-order valence-electron chi connectivity index (χ2n) is 6.58. The fraction of sp³-hybridized carbons (Fsp3) is 0.474. The normalized spacial score (nSPS) is 22.1. The number of piperidine rings is 1. The molecule has 1 heterocycles. The summed E-state index contributed by atoms with van der Waals surface area (Å²) < 4.78 is 15.0. The molecule has 112 valence electrons. The van der Waals surface area contributed by atoms with Crippen molar-refractivity contribution < 1.29 is 4.39 Å². The van der Waals surface area contributed by atoms with Crippen molar-refractivity contribution in [3.8, 4) is 0 Å². The Morgan fingerprint density at radius 2 is 1.95 bits per heavy atom. The first-order chi connectivity index (χ1) is 10.1. The first-order valence-corrected chi connectivity index (χ1v) is 8.03. The minimum Gasteiger partial charge on any atom is -0.314 e. The molecule has 2 atom stereocenters. The Balaban J connectivity index is 1.76. The van der Waals surface area contributed by atoms with Crippen molar-refractivity contribution in [3.05, 3.63) is 48.0 Å². The minimum atomic E-state index is -1.15. The van der Waals surface area contributed by atoms with E-state index in [9.17, 15) is 0 Å². The Bertz CT molecular complexity index is 594. The fourth-order valence-corrected chi connectivity index (χ4v) is 3.53. The van der Waals surface area contributed by atoms with E-state index in [1.165, 1.54) is 23.6 Å². The monoisotopic (exact) mass is 285 g/mol. The summed E-state index contributed by atoms with van der Waals surface area (Å²) >= 11 is 0. The van der Waals surface area contributed by atoms with Crippen LogP contribution in [0, 0.1) is 0 Å². The van der Waals surface area contributed by atoms with Crippen LogP contribution in [0.15, 0.2) is 42.5 Å². The molecule has 0 amide bonds. The van der Waals surface area contributed by atoms with Gasteiger partial charge in [-0.2, -0.15) is 0 Å². The Labute approximate surface area is 126 Å². The predicted octanol–water partition coefficient (Wildman–Crippen LogP) is 4.64. The molecule has 21 heavy (non-hydrogen) atoms. The van der Waals surface area contributed by atoms with E-state index in [0.29, 0.717) is 18.9 Å². The van der Waals surface area contributed by atoms with Crippen molar-refractivity contribution in [1.29, 1.82) is 0 Å². The van der Waals surface area contributed by atoms with E-state index >= 15 is 4.39 Å². The van der Waals surface area contributed by atoms with E-state index < -0.39 is 5.67 Å². The molecule has 2 heteroatoms. The molecule has 1 saturated heterocycles. The number of fused-ring (bicyclic) bond motifs is 1. The molecule has 1 aliphatic rings. The van der Waals surface area contributed by atoms with Crippen LogP contribution in [-0.4, -0.2) is 18.3 Å². The number of rotatable bonds is 4. The predicted molar refractivity (Wildman–Crippen MR) is 87.4 cm³/mol. The second kappa shape index (κ2) is 6.15. The number of nitrogens with one attached hydrogen (secondary N) is 1. The maximum Gasteiger partial charge on any atom is 0.113 e. The van der Waals surface area contributed by atoms with Crippen molar-refractivity contribution in [2.75, 3.05) is 6.54 Å². The van der Waals surface area contributed by atoms with Crippen LogP contribution in [0.25, 0.3) is 10.8 Å². The van der Waals surface area contributed by atoms with Gasteiger partial charge in [0.05, 0.1) is 0 Å². The maximum atomic E-state index is 15.0. The lowest BCUT2D eigenvalue weighted by atomic mass is 9.87. The topological polar surface area (TPSA) is 12.0 Å². The first-order valence-electron chi connectivity index (χ1n) is 8.03. The molecule has 1 aliphatic heterocycles. The quantitative estimate of drug-likeness (QED) is 0.862. The second-order valence-corrected chi connectivity index (χ2v) is 6.58. The zero-order valence-electron chi connectivity index (χ0n) is 12.7. The van der Waals surface area contributed by atoms with E-state index in [2.05, 4.69) is 29.6 Å². The van der Waals surface area contributed by atoms with Gasteiger partial charge < -0.3 is 5.32 Å². The highest BCUT2D eigenvalue weighted by atomic mass is 19.1. The van der Waals surface area contributed by atoms with Crippen molar-refractivity contribution in [1.82, 2.24) is 5.32 Å². The summed E-state index contributed by atoms with van der Waals surface area (Å²) in [4.78, 5) is 0. The van der Waals surface area contributed by atoms with E-state index in [-0.39, 0.29) is 0 Å². The van der Waals surface area contributed by atoms with Gasteiger partial charge in [-0.15, -0.1) is 0 Å². The molecule has 3 rings (SSSR count). The summed E-state index contributed by atoms with van der Waals surface area (Å²) in [5.74, 6) is 0. The average Bonchev–Trinajstić information content (AvgIpc) is 2.48. The van der Waals surface area contributed by atoms with Gasteiger partial charge in [0.2, 0.25) is 0 Å². The van der Waals surface area contributed by atoms with Gasteiger partial charge in [0.25, 0.3) is 0 Å². The van der Waals surface area contributed by atoms with E-state index in [0.717, 1.165) is 18.5 Å². The standard InChI is InChI=1S/C19H24FN/c1-19(20,14-17-10-4-5-12-21-17)13-16-9-6-8-15-7-2-3-11-18(15)16/h2-3,6-9,11,17,21H,4-5,10,12-14H2,1H3. The van der Waals surface area contributed by atoms with Crippen LogP contribution in [0.3, 0.4) is 0 Å². The molecule has 2 aromatic rings. The Hall–Kier alpha value is -1.41. The summed E-state index contributed by atoms with van der Waals surface area (Å²) in [5.41, 5.74) is -0.0343. The van der Waals surface area contributed by atoms with E-state index in [4.69, 9.17) is 0 Å². The van der Waals surface area contributed by atoms with Gasteiger partial charge in [-0.1, -0.05) is 48.9 Å². The highest BCUT2D eigenvalue weighted by molar-refractivity contribution is 5.85. The molecule has 0 aromatic heterocycles. The summed E-state index contributed by atoms with van der Waals surface area (Å²) in [6, 6.07) is 14.8. The van der Waals surface area contributed by atoms with Gasteiger partial charge in [0.15, 0.2) is 0 Å². The molecule has 0 aliphatic carbocycles. The maximum absolute atomic E-state index is 15.0. The minimum absolute atomic E-state index is 0.337. The number of hydrogen-bond acceptors (Lipinski definition) is 1. The van der Waals surface area contributed by atoms with Crippen LogP contribution in [-0.2, 0) is 6.42 Å². The first kappa shape index (κ1) is 14.5. The van der Waals surface area contributed by atoms with Crippen LogP contribution in [0.1, 0.15) is 38.2 Å². The van der Waals surface area contributed by atoms with Gasteiger partial charge in [-0.25, -0.2) is 4.39 Å². The highest BCUT2D eigenvalue weighted by Gasteiger charge is 2.29. The molecule has 1 nitrogen and oxygen atoms in total. The van der Waals surface area contributed by atoms with Crippen LogP contribution in [0.5, 0.6) is 0 Å². The third-order valence-corrected chi connectivity index (χ3v) is 4.52. The molecular formula is C19H24FN. The summed E-state index contributed by atoms with van der Waals surface area (Å²) in [6.45, 7) is 2.79. The van der Waals surface area contributed by atoms with Crippen LogP contribution in [0.4, 0.5) is 4.39 Å². The third-order valence-electron chi connectivity index (χ3n) is 4.52. The van der Waals surface area contributed by atoms with Crippen molar-refractivity contribution in [3.63, 3.8) is 0 Å². The summed E-state index contributed by atoms with van der Waals surface area (Å²) in [7, 11) is 0. The lowest BCUT2D eigenvalue weighted by molar-refractivity contribution is 0.146. The highest BCUT2D eigenvalue weighted by Crippen LogP contribution is 2.29. The largest absolute Gasteiger partial charge is 0.314 e. The molecular weight excluding hydrogens is 261 g/mol. The van der Waals surface area contributed by atoms with Gasteiger partial charge in [0.1, 0.15) is 5.67 Å². The van der Waals surface area contributed by atoms with Crippen LogP contribution < -0.4 is 5.32 Å². The molecule has 1 fully saturated rings.